The van der Waals surface area contributed by atoms with Gasteiger partial charge in [0.1, 0.15) is 0 Å². The smallest absolute Gasteiger partial charge is 0.240 e. The molecule has 1 fully saturated rings. The van der Waals surface area contributed by atoms with Gasteiger partial charge in [0.2, 0.25) is 5.91 Å². The number of hydrogen-bond acceptors (Lipinski definition) is 2. The molecule has 1 amide bonds. The molecule has 3 nitrogen and oxygen atoms in total. The van der Waals surface area contributed by atoms with Crippen LogP contribution in [0, 0.1) is 0 Å². The van der Waals surface area contributed by atoms with Crippen LogP contribution in [0.5, 0.6) is 0 Å². The van der Waals surface area contributed by atoms with E-state index < -0.39 is 0 Å². The lowest BCUT2D eigenvalue weighted by atomic mass is 9.89. The Morgan fingerprint density at radius 3 is 2.53 bits per heavy atom. The van der Waals surface area contributed by atoms with E-state index in [2.05, 4.69) is 37.9 Å². The Balaban J connectivity index is 2.70. The van der Waals surface area contributed by atoms with Crippen molar-refractivity contribution in [2.24, 2.45) is 0 Å². The fourth-order valence-electron chi connectivity index (χ4n) is 2.55. The lowest BCUT2D eigenvalue weighted by Gasteiger charge is -2.45. The second-order valence-corrected chi connectivity index (χ2v) is 5.34. The Kier molecular flexibility index (Phi) is 5.44. The summed E-state index contributed by atoms with van der Waals surface area (Å²) >= 11 is 0. The number of piperidine rings is 1. The molecular weight excluding hydrogens is 212 g/mol. The minimum absolute atomic E-state index is 0.0453. The second kappa shape index (κ2) is 6.39. The van der Waals surface area contributed by atoms with Crippen LogP contribution in [0.15, 0.2) is 0 Å². The van der Waals surface area contributed by atoms with Crippen molar-refractivity contribution >= 4 is 5.91 Å². The van der Waals surface area contributed by atoms with Gasteiger partial charge in [-0.2, -0.15) is 0 Å². The molecule has 0 aromatic heterocycles. The largest absolute Gasteiger partial charge is 0.336 e. The molecule has 3 heteroatoms. The second-order valence-electron chi connectivity index (χ2n) is 5.34. The number of hydrogen-bond donors (Lipinski definition) is 1. The van der Waals surface area contributed by atoms with Crippen molar-refractivity contribution in [2.45, 2.75) is 71.4 Å². The molecule has 0 aromatic carbocycles. The van der Waals surface area contributed by atoms with Crippen molar-refractivity contribution in [1.82, 2.24) is 10.2 Å². The number of rotatable bonds is 6. The van der Waals surface area contributed by atoms with Gasteiger partial charge in [0.25, 0.3) is 0 Å². The first-order valence-electron chi connectivity index (χ1n) is 7.14. The van der Waals surface area contributed by atoms with Crippen LogP contribution in [0.25, 0.3) is 0 Å². The fourth-order valence-corrected chi connectivity index (χ4v) is 2.55. The van der Waals surface area contributed by atoms with E-state index in [1.54, 1.807) is 0 Å². The SMILES string of the molecule is CCCNC1CCCN(C(C)(CC)CC)C1=O. The summed E-state index contributed by atoms with van der Waals surface area (Å²) in [5, 5.41) is 3.38. The van der Waals surface area contributed by atoms with Gasteiger partial charge in [-0.3, -0.25) is 4.79 Å². The molecule has 1 N–H and O–H groups in total. The molecular formula is C14H28N2O. The number of likely N-dealkylation sites (tertiary alicyclic amines) is 1. The molecule has 0 aromatic rings. The molecule has 0 bridgehead atoms. The van der Waals surface area contributed by atoms with Crippen LogP contribution in [-0.2, 0) is 4.79 Å². The van der Waals surface area contributed by atoms with Crippen LogP contribution in [0.2, 0.25) is 0 Å². The molecule has 1 atom stereocenters. The molecule has 1 aliphatic heterocycles. The summed E-state index contributed by atoms with van der Waals surface area (Å²) in [5.74, 6) is 0.316. The van der Waals surface area contributed by atoms with Crippen molar-refractivity contribution in [3.63, 3.8) is 0 Å². The van der Waals surface area contributed by atoms with Crippen LogP contribution in [0.3, 0.4) is 0 Å². The fraction of sp³-hybridized carbons (Fsp3) is 0.929. The van der Waals surface area contributed by atoms with Crippen molar-refractivity contribution in [3.05, 3.63) is 0 Å². The van der Waals surface area contributed by atoms with E-state index in [0.29, 0.717) is 5.91 Å². The lowest BCUT2D eigenvalue weighted by molar-refractivity contribution is -0.143. The predicted molar refractivity (Wildman–Crippen MR) is 72.0 cm³/mol. The average Bonchev–Trinajstić information content (AvgIpc) is 2.36. The number of nitrogens with zero attached hydrogens (tertiary/aromatic N) is 1. The Labute approximate surface area is 106 Å². The van der Waals surface area contributed by atoms with Crippen LogP contribution >= 0.6 is 0 Å². The molecule has 0 saturated carbocycles. The van der Waals surface area contributed by atoms with Gasteiger partial charge < -0.3 is 10.2 Å². The normalized spacial score (nSPS) is 22.0. The topological polar surface area (TPSA) is 32.3 Å². The van der Waals surface area contributed by atoms with E-state index in [0.717, 1.165) is 45.2 Å². The number of nitrogens with one attached hydrogen (secondary N) is 1. The van der Waals surface area contributed by atoms with Crippen LogP contribution < -0.4 is 5.32 Å². The maximum atomic E-state index is 12.5. The summed E-state index contributed by atoms with van der Waals surface area (Å²) in [6, 6.07) is 0.0566. The lowest BCUT2D eigenvalue weighted by Crippen LogP contribution is -2.58. The predicted octanol–water partition coefficient (Wildman–Crippen LogP) is 2.56. The van der Waals surface area contributed by atoms with Gasteiger partial charge >= 0.3 is 0 Å². The van der Waals surface area contributed by atoms with E-state index in [4.69, 9.17) is 0 Å². The van der Waals surface area contributed by atoms with Gasteiger partial charge in [0.05, 0.1) is 6.04 Å². The minimum atomic E-state index is 0.0453. The van der Waals surface area contributed by atoms with Gasteiger partial charge in [0, 0.05) is 12.1 Å². The maximum Gasteiger partial charge on any atom is 0.240 e. The first-order chi connectivity index (χ1) is 8.09. The summed E-state index contributed by atoms with van der Waals surface area (Å²) in [6.07, 6.45) is 5.29. The standard InChI is InChI=1S/C14H28N2O/c1-5-10-15-12-9-8-11-16(13(12)17)14(4,6-2)7-3/h12,15H,5-11H2,1-4H3. The zero-order chi connectivity index (χ0) is 12.9. The van der Waals surface area contributed by atoms with E-state index >= 15 is 0 Å². The Morgan fingerprint density at radius 1 is 1.35 bits per heavy atom. The summed E-state index contributed by atoms with van der Waals surface area (Å²) < 4.78 is 0. The molecule has 1 saturated heterocycles. The van der Waals surface area contributed by atoms with Gasteiger partial charge in [0.15, 0.2) is 0 Å². The Bertz CT molecular complexity index is 249. The zero-order valence-electron chi connectivity index (χ0n) is 11.9. The van der Waals surface area contributed by atoms with Gasteiger partial charge in [-0.05, 0) is 45.6 Å². The third-order valence-electron chi connectivity index (χ3n) is 4.25. The van der Waals surface area contributed by atoms with Gasteiger partial charge in [-0.1, -0.05) is 20.8 Å². The van der Waals surface area contributed by atoms with Gasteiger partial charge in [-0.25, -0.2) is 0 Å². The molecule has 1 unspecified atom stereocenters. The van der Waals surface area contributed by atoms with Crippen LogP contribution in [-0.4, -0.2) is 35.5 Å². The Hall–Kier alpha value is -0.570. The molecule has 0 spiro atoms. The summed E-state index contributed by atoms with van der Waals surface area (Å²) in [4.78, 5) is 14.6. The van der Waals surface area contributed by atoms with Crippen molar-refractivity contribution in [1.29, 1.82) is 0 Å². The highest BCUT2D eigenvalue weighted by Crippen LogP contribution is 2.27. The molecule has 1 aliphatic rings. The van der Waals surface area contributed by atoms with Crippen molar-refractivity contribution in [2.75, 3.05) is 13.1 Å². The highest BCUT2D eigenvalue weighted by atomic mass is 16.2. The minimum Gasteiger partial charge on any atom is -0.336 e. The summed E-state index contributed by atoms with van der Waals surface area (Å²) in [6.45, 7) is 10.6. The number of carbonyl (C=O) groups excluding carboxylic acids is 1. The van der Waals surface area contributed by atoms with Crippen molar-refractivity contribution in [3.8, 4) is 0 Å². The maximum absolute atomic E-state index is 12.5. The zero-order valence-corrected chi connectivity index (χ0v) is 11.9. The highest BCUT2D eigenvalue weighted by Gasteiger charge is 2.37. The molecule has 1 heterocycles. The monoisotopic (exact) mass is 240 g/mol. The third kappa shape index (κ3) is 3.21. The molecule has 17 heavy (non-hydrogen) atoms. The van der Waals surface area contributed by atoms with Crippen LogP contribution in [0.4, 0.5) is 0 Å². The number of carbonyl (C=O) groups is 1. The van der Waals surface area contributed by atoms with Crippen LogP contribution in [0.1, 0.15) is 59.8 Å². The van der Waals surface area contributed by atoms with E-state index in [1.807, 2.05) is 0 Å². The molecule has 1 rings (SSSR count). The first-order valence-corrected chi connectivity index (χ1v) is 7.14. The average molecular weight is 240 g/mol. The van der Waals surface area contributed by atoms with E-state index in [9.17, 15) is 4.79 Å². The van der Waals surface area contributed by atoms with Crippen molar-refractivity contribution < 1.29 is 4.79 Å². The third-order valence-corrected chi connectivity index (χ3v) is 4.25. The molecule has 0 aliphatic carbocycles. The van der Waals surface area contributed by atoms with E-state index in [1.165, 1.54) is 0 Å². The summed E-state index contributed by atoms with van der Waals surface area (Å²) in [5.41, 5.74) is 0.0453. The van der Waals surface area contributed by atoms with Gasteiger partial charge in [-0.15, -0.1) is 0 Å². The molecule has 100 valence electrons. The quantitative estimate of drug-likeness (QED) is 0.774. The number of amides is 1. The van der Waals surface area contributed by atoms with E-state index in [-0.39, 0.29) is 11.6 Å². The summed E-state index contributed by atoms with van der Waals surface area (Å²) in [7, 11) is 0. The first kappa shape index (κ1) is 14.5. The Morgan fingerprint density at radius 2 is 2.00 bits per heavy atom. The molecule has 0 radical (unpaired) electrons. The highest BCUT2D eigenvalue weighted by molar-refractivity contribution is 5.83.